The van der Waals surface area contributed by atoms with E-state index in [-0.39, 0.29) is 17.6 Å². The Bertz CT molecular complexity index is 1950. The average molecular weight is 691 g/mol. The Hall–Kier alpha value is -4.82. The zero-order valence-corrected chi connectivity index (χ0v) is 30.8. The lowest BCUT2D eigenvalue weighted by Gasteiger charge is -2.32. The summed E-state index contributed by atoms with van der Waals surface area (Å²) in [7, 11) is -0.542. The van der Waals surface area contributed by atoms with Crippen molar-refractivity contribution in [2.45, 2.75) is 105 Å². The van der Waals surface area contributed by atoms with Gasteiger partial charge in [-0.15, -0.1) is 0 Å². The Morgan fingerprint density at radius 2 is 1.10 bits per heavy atom. The first-order valence-corrected chi connectivity index (χ1v) is 16.2. The van der Waals surface area contributed by atoms with E-state index in [1.54, 1.807) is 33.0 Å². The number of phenols is 1. The predicted molar refractivity (Wildman–Crippen MR) is 193 cm³/mol. The van der Waals surface area contributed by atoms with Crippen molar-refractivity contribution in [3.05, 3.63) is 48.8 Å². The second kappa shape index (κ2) is 13.5. The van der Waals surface area contributed by atoms with Crippen molar-refractivity contribution >= 4 is 69.8 Å². The second-order valence-corrected chi connectivity index (χ2v) is 15.2. The van der Waals surface area contributed by atoms with Crippen LogP contribution in [0.5, 0.6) is 5.75 Å². The van der Waals surface area contributed by atoms with Crippen molar-refractivity contribution < 1.29 is 43.1 Å². The number of hydrogen-bond acceptors (Lipinski definition) is 9. The zero-order chi connectivity index (χ0) is 37.6. The monoisotopic (exact) mass is 690 g/mol. The van der Waals surface area contributed by atoms with Crippen LogP contribution in [0.15, 0.2) is 48.8 Å². The maximum atomic E-state index is 12.7. The van der Waals surface area contributed by atoms with Crippen molar-refractivity contribution in [2.75, 3.05) is 10.6 Å². The number of nitrogens with zero attached hydrogens (tertiary/aromatic N) is 2. The molecule has 268 valence electrons. The summed E-state index contributed by atoms with van der Waals surface area (Å²) in [6, 6.07) is 10.1. The van der Waals surface area contributed by atoms with Crippen LogP contribution in [0.1, 0.15) is 83.1 Å². The molecule has 14 heteroatoms. The smallest absolute Gasteiger partial charge is 0.494 e. The molecular weight excluding hydrogens is 643 g/mol. The highest BCUT2D eigenvalue weighted by atomic mass is 16.7. The van der Waals surface area contributed by atoms with Crippen LogP contribution >= 0.6 is 0 Å². The molecule has 50 heavy (non-hydrogen) atoms. The first-order chi connectivity index (χ1) is 22.9. The van der Waals surface area contributed by atoms with Crippen LogP contribution in [0.3, 0.4) is 0 Å². The van der Waals surface area contributed by atoms with Gasteiger partial charge in [-0.25, -0.2) is 9.59 Å². The fourth-order valence-corrected chi connectivity index (χ4v) is 5.09. The number of ether oxygens (including phenoxy) is 2. The second-order valence-electron chi connectivity index (χ2n) is 15.2. The number of rotatable bonds is 3. The number of fused-ring (bicyclic) bond motifs is 2. The molecule has 0 aliphatic carbocycles. The molecular formula is C36H47BN4O9. The SMILES string of the molecule is CC(=O)Nc1cn(C(=O)OC(C)(C)C)c2ccc(B3OC(C)(C)C(C)(C)O3)cc12.CC(=O)Nc1cn(C(=O)OC(C)(C)C)c2ccc(O)cc12. The molecule has 0 saturated carbocycles. The van der Waals surface area contributed by atoms with Gasteiger partial charge in [0.1, 0.15) is 17.0 Å². The van der Waals surface area contributed by atoms with Gasteiger partial charge in [-0.1, -0.05) is 12.1 Å². The van der Waals surface area contributed by atoms with Crippen LogP contribution in [-0.4, -0.2) is 67.8 Å². The fourth-order valence-electron chi connectivity index (χ4n) is 5.09. The minimum absolute atomic E-state index is 0.0519. The van der Waals surface area contributed by atoms with E-state index in [2.05, 4.69) is 10.6 Å². The molecule has 1 aliphatic rings. The highest BCUT2D eigenvalue weighted by molar-refractivity contribution is 6.62. The number of aromatic nitrogens is 2. The van der Waals surface area contributed by atoms with Crippen molar-refractivity contribution in [3.63, 3.8) is 0 Å². The Kier molecular flexibility index (Phi) is 10.2. The number of aromatic hydroxyl groups is 1. The van der Waals surface area contributed by atoms with Gasteiger partial charge < -0.3 is 34.5 Å². The normalized spacial score (nSPS) is 15.3. The van der Waals surface area contributed by atoms with Crippen molar-refractivity contribution in [2.24, 2.45) is 0 Å². The lowest BCUT2D eigenvalue weighted by Crippen LogP contribution is -2.41. The van der Waals surface area contributed by atoms with Crippen molar-refractivity contribution in [1.82, 2.24) is 9.13 Å². The molecule has 4 aromatic rings. The molecule has 1 aliphatic heterocycles. The summed E-state index contributed by atoms with van der Waals surface area (Å²) in [6.07, 6.45) is 2.01. The molecule has 0 bridgehead atoms. The molecule has 0 atom stereocenters. The van der Waals surface area contributed by atoms with Crippen molar-refractivity contribution in [1.29, 1.82) is 0 Å². The maximum absolute atomic E-state index is 12.7. The number of amides is 2. The first-order valence-electron chi connectivity index (χ1n) is 16.2. The molecule has 3 N–H and O–H groups in total. The third-order valence-corrected chi connectivity index (χ3v) is 7.94. The third-order valence-electron chi connectivity index (χ3n) is 7.94. The summed E-state index contributed by atoms with van der Waals surface area (Å²) < 4.78 is 25.8. The molecule has 1 fully saturated rings. The number of nitrogens with one attached hydrogen (secondary N) is 2. The summed E-state index contributed by atoms with van der Waals surface area (Å²) in [5.41, 5.74) is 0.767. The Morgan fingerprint density at radius 1 is 0.700 bits per heavy atom. The molecule has 2 amide bonds. The zero-order valence-electron chi connectivity index (χ0n) is 30.8. The number of carbonyl (C=O) groups is 4. The molecule has 1 saturated heterocycles. The van der Waals surface area contributed by atoms with Gasteiger partial charge in [-0.2, -0.15) is 0 Å². The number of benzene rings is 2. The molecule has 3 heterocycles. The van der Waals surface area contributed by atoms with E-state index in [1.807, 2.05) is 66.7 Å². The molecule has 5 rings (SSSR count). The Balaban J connectivity index is 0.000000237. The number of phenolic OH excluding ortho intramolecular Hbond substituents is 1. The van der Waals surface area contributed by atoms with E-state index in [1.165, 1.54) is 41.3 Å². The fraction of sp³-hybridized carbons (Fsp3) is 0.444. The van der Waals surface area contributed by atoms with Gasteiger partial charge >= 0.3 is 19.3 Å². The number of carbonyl (C=O) groups excluding carboxylic acids is 4. The van der Waals surface area contributed by atoms with Crippen LogP contribution in [-0.2, 0) is 28.4 Å². The third kappa shape index (κ3) is 8.66. The molecule has 0 unspecified atom stereocenters. The van der Waals surface area contributed by atoms with Crippen molar-refractivity contribution in [3.8, 4) is 5.75 Å². The van der Waals surface area contributed by atoms with Gasteiger partial charge in [0.2, 0.25) is 11.8 Å². The van der Waals surface area contributed by atoms with E-state index in [0.717, 1.165) is 5.46 Å². The summed E-state index contributed by atoms with van der Waals surface area (Å²) in [6.45, 7) is 21.5. The van der Waals surface area contributed by atoms with Crippen LogP contribution in [0.25, 0.3) is 21.8 Å². The van der Waals surface area contributed by atoms with Crippen LogP contribution in [0, 0.1) is 0 Å². The Morgan fingerprint density at radius 3 is 1.50 bits per heavy atom. The van der Waals surface area contributed by atoms with E-state index in [4.69, 9.17) is 18.8 Å². The largest absolute Gasteiger partial charge is 0.508 e. The highest BCUT2D eigenvalue weighted by Crippen LogP contribution is 2.37. The van der Waals surface area contributed by atoms with Gasteiger partial charge in [0.25, 0.3) is 0 Å². The topological polar surface area (TPSA) is 159 Å². The minimum Gasteiger partial charge on any atom is -0.508 e. The number of anilines is 2. The molecule has 13 nitrogen and oxygen atoms in total. The Labute approximate surface area is 292 Å². The van der Waals surface area contributed by atoms with Crippen LogP contribution in [0.2, 0.25) is 0 Å². The lowest BCUT2D eigenvalue weighted by atomic mass is 9.78. The van der Waals surface area contributed by atoms with E-state index >= 15 is 0 Å². The molecule has 2 aromatic heterocycles. The minimum atomic E-state index is -0.634. The highest BCUT2D eigenvalue weighted by Gasteiger charge is 2.51. The first kappa shape index (κ1) is 38.0. The average Bonchev–Trinajstić information content (AvgIpc) is 3.55. The van der Waals surface area contributed by atoms with E-state index in [0.29, 0.717) is 33.2 Å². The predicted octanol–water partition coefficient (Wildman–Crippen LogP) is 6.77. The summed E-state index contributed by atoms with van der Waals surface area (Å²) >= 11 is 0. The standard InChI is InChI=1S/C21H29BN2O5.C15H18N2O4/c1-13(25)23-16-12-24(18(26)27-19(2,3)4)17-10-9-14(11-15(16)17)22-28-20(5,6)21(7,8)29-22;1-9(18)16-12-8-17(14(20)21-15(2,3)4)13-6-5-10(19)7-11(12)13/h9-12H,1-8H3,(H,23,25);5-8,19H,1-4H3,(H,16,18). The summed E-state index contributed by atoms with van der Waals surface area (Å²) in [5, 5.41) is 16.3. The van der Waals surface area contributed by atoms with E-state index < -0.39 is 41.7 Å². The lowest BCUT2D eigenvalue weighted by molar-refractivity contribution is -0.115. The molecule has 0 spiro atoms. The van der Waals surface area contributed by atoms with Gasteiger partial charge in [0, 0.05) is 37.0 Å². The summed E-state index contributed by atoms with van der Waals surface area (Å²) in [4.78, 5) is 47.8. The molecule has 0 radical (unpaired) electrons. The van der Waals surface area contributed by atoms with Crippen LogP contribution < -0.4 is 16.1 Å². The van der Waals surface area contributed by atoms with Gasteiger partial charge in [-0.3, -0.25) is 18.7 Å². The maximum Gasteiger partial charge on any atom is 0.494 e. The summed E-state index contributed by atoms with van der Waals surface area (Å²) in [5.74, 6) is -0.438. The van der Waals surface area contributed by atoms with Crippen LogP contribution in [0.4, 0.5) is 21.0 Å². The van der Waals surface area contributed by atoms with Gasteiger partial charge in [0.05, 0.1) is 33.6 Å². The molecule has 2 aromatic carbocycles. The van der Waals surface area contributed by atoms with Gasteiger partial charge in [0.15, 0.2) is 0 Å². The van der Waals surface area contributed by atoms with Gasteiger partial charge in [-0.05, 0) is 99.0 Å². The quantitative estimate of drug-likeness (QED) is 0.197. The number of hydrogen-bond donors (Lipinski definition) is 3. The van der Waals surface area contributed by atoms with E-state index in [9.17, 15) is 24.3 Å².